The van der Waals surface area contributed by atoms with E-state index in [4.69, 9.17) is 16.3 Å². The van der Waals surface area contributed by atoms with Crippen LogP contribution < -0.4 is 15.4 Å². The minimum atomic E-state index is -0.242. The fourth-order valence-corrected chi connectivity index (χ4v) is 2.86. The second kappa shape index (κ2) is 9.19. The summed E-state index contributed by atoms with van der Waals surface area (Å²) in [5.74, 6) is 1.61. The fraction of sp³-hybridized carbons (Fsp3) is 0.190. The molecule has 0 aliphatic rings. The third-order valence-electron chi connectivity index (χ3n) is 4.03. The molecule has 0 unspecified atom stereocenters. The molecule has 1 heterocycles. The average Bonchev–Trinajstić information content (AvgIpc) is 2.68. The lowest BCUT2D eigenvalue weighted by atomic mass is 10.1. The van der Waals surface area contributed by atoms with E-state index in [1.54, 1.807) is 32.2 Å². The summed E-state index contributed by atoms with van der Waals surface area (Å²) in [5.41, 5.74) is 2.21. The number of ether oxygens (including phenoxy) is 1. The molecule has 3 rings (SSSR count). The van der Waals surface area contributed by atoms with E-state index in [9.17, 15) is 4.79 Å². The van der Waals surface area contributed by atoms with Crippen LogP contribution in [0.3, 0.4) is 0 Å². The van der Waals surface area contributed by atoms with Crippen molar-refractivity contribution in [3.8, 4) is 5.75 Å². The number of carbonyl (C=O) groups is 1. The topological polar surface area (TPSA) is 76.1 Å². The summed E-state index contributed by atoms with van der Waals surface area (Å²) in [6, 6.07) is 16.7. The van der Waals surface area contributed by atoms with Gasteiger partial charge < -0.3 is 15.4 Å². The van der Waals surface area contributed by atoms with Gasteiger partial charge in [0.05, 0.1) is 7.11 Å². The lowest BCUT2D eigenvalue weighted by Crippen LogP contribution is -2.27. The van der Waals surface area contributed by atoms with Crippen LogP contribution in [0.2, 0.25) is 5.02 Å². The molecule has 0 fully saturated rings. The van der Waals surface area contributed by atoms with E-state index in [1.165, 1.54) is 0 Å². The smallest absolute Gasteiger partial charge is 0.270 e. The SMILES string of the molecule is COc1ccc(CCNC(=O)c2cc(Nc3cccc(Cl)c3)nc(C)n2)cc1. The average molecular weight is 397 g/mol. The number of anilines is 2. The van der Waals surface area contributed by atoms with Crippen molar-refractivity contribution < 1.29 is 9.53 Å². The van der Waals surface area contributed by atoms with Crippen LogP contribution >= 0.6 is 11.6 Å². The van der Waals surface area contributed by atoms with Crippen LogP contribution in [-0.2, 0) is 6.42 Å². The summed E-state index contributed by atoms with van der Waals surface area (Å²) < 4.78 is 5.14. The third-order valence-corrected chi connectivity index (χ3v) is 4.26. The van der Waals surface area contributed by atoms with Crippen molar-refractivity contribution >= 4 is 29.0 Å². The van der Waals surface area contributed by atoms with Crippen molar-refractivity contribution in [1.29, 1.82) is 0 Å². The molecule has 7 heteroatoms. The Labute approximate surface area is 168 Å². The fourth-order valence-electron chi connectivity index (χ4n) is 2.67. The van der Waals surface area contributed by atoms with Crippen LogP contribution in [0.15, 0.2) is 54.6 Å². The van der Waals surface area contributed by atoms with E-state index in [1.807, 2.05) is 36.4 Å². The molecule has 28 heavy (non-hydrogen) atoms. The van der Waals surface area contributed by atoms with Crippen LogP contribution in [0.1, 0.15) is 21.9 Å². The van der Waals surface area contributed by atoms with Crippen molar-refractivity contribution in [3.05, 3.63) is 76.7 Å². The van der Waals surface area contributed by atoms with E-state index < -0.39 is 0 Å². The predicted molar refractivity (Wildman–Crippen MR) is 111 cm³/mol. The molecule has 2 aromatic carbocycles. The van der Waals surface area contributed by atoms with E-state index in [-0.39, 0.29) is 5.91 Å². The molecule has 6 nitrogen and oxygen atoms in total. The number of nitrogens with zero attached hydrogens (tertiary/aromatic N) is 2. The molecule has 144 valence electrons. The first-order valence-corrected chi connectivity index (χ1v) is 9.21. The van der Waals surface area contributed by atoms with Gasteiger partial charge in [0.1, 0.15) is 23.1 Å². The number of hydrogen-bond acceptors (Lipinski definition) is 5. The predicted octanol–water partition coefficient (Wildman–Crippen LogP) is 4.16. The summed E-state index contributed by atoms with van der Waals surface area (Å²) in [6.07, 6.45) is 0.716. The molecule has 1 aromatic heterocycles. The molecule has 1 amide bonds. The van der Waals surface area contributed by atoms with Gasteiger partial charge in [-0.05, 0) is 49.2 Å². The van der Waals surface area contributed by atoms with E-state index in [0.717, 1.165) is 17.0 Å². The lowest BCUT2D eigenvalue weighted by molar-refractivity contribution is 0.0949. The normalized spacial score (nSPS) is 10.4. The van der Waals surface area contributed by atoms with Crippen LogP contribution in [0.25, 0.3) is 0 Å². The first-order valence-electron chi connectivity index (χ1n) is 8.83. The van der Waals surface area contributed by atoms with Crippen LogP contribution in [0.5, 0.6) is 5.75 Å². The van der Waals surface area contributed by atoms with Gasteiger partial charge in [-0.1, -0.05) is 29.8 Å². The first-order chi connectivity index (χ1) is 13.5. The molecule has 0 aliphatic carbocycles. The zero-order valence-electron chi connectivity index (χ0n) is 15.7. The van der Waals surface area contributed by atoms with Gasteiger partial charge in [0.25, 0.3) is 5.91 Å². The van der Waals surface area contributed by atoms with Crippen molar-refractivity contribution in [2.75, 3.05) is 19.0 Å². The first kappa shape index (κ1) is 19.6. The summed E-state index contributed by atoms with van der Waals surface area (Å²) in [7, 11) is 1.63. The summed E-state index contributed by atoms with van der Waals surface area (Å²) in [5, 5.41) is 6.66. The molecule has 2 N–H and O–H groups in total. The molecular weight excluding hydrogens is 376 g/mol. The molecule has 0 saturated heterocycles. The van der Waals surface area contributed by atoms with Crippen LogP contribution in [0.4, 0.5) is 11.5 Å². The van der Waals surface area contributed by atoms with Crippen molar-refractivity contribution in [2.45, 2.75) is 13.3 Å². The van der Waals surface area contributed by atoms with Crippen molar-refractivity contribution in [3.63, 3.8) is 0 Å². The number of halogens is 1. The number of hydrogen-bond donors (Lipinski definition) is 2. The lowest BCUT2D eigenvalue weighted by Gasteiger charge is -2.10. The molecule has 3 aromatic rings. The van der Waals surface area contributed by atoms with Gasteiger partial charge in [-0.15, -0.1) is 0 Å². The Morgan fingerprint density at radius 1 is 1.11 bits per heavy atom. The van der Waals surface area contributed by atoms with Crippen LogP contribution in [0, 0.1) is 6.92 Å². The van der Waals surface area contributed by atoms with Crippen LogP contribution in [-0.4, -0.2) is 29.5 Å². The molecule has 0 radical (unpaired) electrons. The second-order valence-electron chi connectivity index (χ2n) is 6.17. The number of nitrogens with one attached hydrogen (secondary N) is 2. The zero-order chi connectivity index (χ0) is 19.9. The van der Waals surface area contributed by atoms with Crippen molar-refractivity contribution in [1.82, 2.24) is 15.3 Å². The number of methoxy groups -OCH3 is 1. The molecule has 0 atom stereocenters. The summed E-state index contributed by atoms with van der Waals surface area (Å²) in [4.78, 5) is 21.0. The highest BCUT2D eigenvalue weighted by molar-refractivity contribution is 6.30. The number of aromatic nitrogens is 2. The van der Waals surface area contributed by atoms with Gasteiger partial charge in [0.2, 0.25) is 0 Å². The maximum Gasteiger partial charge on any atom is 0.270 e. The molecule has 0 aliphatic heterocycles. The molecular formula is C21H21ClN4O2. The van der Waals surface area contributed by atoms with Gasteiger partial charge in [-0.25, -0.2) is 9.97 Å². The zero-order valence-corrected chi connectivity index (χ0v) is 16.5. The number of carbonyl (C=O) groups excluding carboxylic acids is 1. The Morgan fingerprint density at radius 3 is 2.61 bits per heavy atom. The Hall–Kier alpha value is -3.12. The van der Waals surface area contributed by atoms with E-state index in [2.05, 4.69) is 20.6 Å². The highest BCUT2D eigenvalue weighted by atomic mass is 35.5. The number of rotatable bonds is 7. The third kappa shape index (κ3) is 5.44. The minimum absolute atomic E-state index is 0.242. The standard InChI is InChI=1S/C21H21ClN4O2/c1-14-24-19(13-20(25-14)26-17-5-3-4-16(22)12-17)21(27)23-11-10-15-6-8-18(28-2)9-7-15/h3-9,12-13H,10-11H2,1-2H3,(H,23,27)(H,24,25,26). The Balaban J connectivity index is 1.61. The Bertz CT molecular complexity index is 961. The number of aryl methyl sites for hydroxylation is 1. The number of benzene rings is 2. The van der Waals surface area contributed by atoms with Gasteiger partial charge in [0, 0.05) is 23.3 Å². The quantitative estimate of drug-likeness (QED) is 0.627. The largest absolute Gasteiger partial charge is 0.497 e. The molecule has 0 bridgehead atoms. The van der Waals surface area contributed by atoms with E-state index in [0.29, 0.717) is 35.3 Å². The van der Waals surface area contributed by atoms with Gasteiger partial charge >= 0.3 is 0 Å². The Kier molecular flexibility index (Phi) is 6.45. The summed E-state index contributed by atoms with van der Waals surface area (Å²) in [6.45, 7) is 2.25. The number of amides is 1. The Morgan fingerprint density at radius 2 is 1.89 bits per heavy atom. The monoisotopic (exact) mass is 396 g/mol. The van der Waals surface area contributed by atoms with E-state index >= 15 is 0 Å². The second-order valence-corrected chi connectivity index (χ2v) is 6.61. The maximum atomic E-state index is 12.5. The minimum Gasteiger partial charge on any atom is -0.497 e. The van der Waals surface area contributed by atoms with Crippen molar-refractivity contribution in [2.24, 2.45) is 0 Å². The van der Waals surface area contributed by atoms with Gasteiger partial charge in [0.15, 0.2) is 0 Å². The summed E-state index contributed by atoms with van der Waals surface area (Å²) >= 11 is 6.00. The molecule has 0 spiro atoms. The highest BCUT2D eigenvalue weighted by Crippen LogP contribution is 2.19. The van der Waals surface area contributed by atoms with Gasteiger partial charge in [-0.2, -0.15) is 0 Å². The maximum absolute atomic E-state index is 12.5. The van der Waals surface area contributed by atoms with Gasteiger partial charge in [-0.3, -0.25) is 4.79 Å². The molecule has 0 saturated carbocycles. The highest BCUT2D eigenvalue weighted by Gasteiger charge is 2.10.